The molecule has 0 aliphatic rings. The monoisotopic (exact) mass is 575 g/mol. The quantitative estimate of drug-likeness (QED) is 0.0901. The Kier molecular flexibility index (Phi) is 8.92. The van der Waals surface area contributed by atoms with Gasteiger partial charge in [0.25, 0.3) is 5.91 Å². The summed E-state index contributed by atoms with van der Waals surface area (Å²) in [7, 11) is 3.01. The molecular formula is C34H29N3O6. The Morgan fingerprint density at radius 1 is 0.814 bits per heavy atom. The first-order valence-corrected chi connectivity index (χ1v) is 13.5. The van der Waals surface area contributed by atoms with E-state index in [-0.39, 0.29) is 17.2 Å². The van der Waals surface area contributed by atoms with E-state index < -0.39 is 5.97 Å². The second kappa shape index (κ2) is 13.3. The van der Waals surface area contributed by atoms with Crippen LogP contribution in [-0.2, 0) is 0 Å². The van der Waals surface area contributed by atoms with Gasteiger partial charge in [0.1, 0.15) is 0 Å². The highest BCUT2D eigenvalue weighted by Gasteiger charge is 2.17. The number of nitrogens with zero attached hydrogens (tertiary/aromatic N) is 2. The van der Waals surface area contributed by atoms with Gasteiger partial charge in [0.05, 0.1) is 49.4 Å². The molecule has 0 saturated carbocycles. The number of carbonyl (C=O) groups excluding carboxylic acids is 2. The van der Waals surface area contributed by atoms with Crippen LogP contribution >= 0.6 is 0 Å². The summed E-state index contributed by atoms with van der Waals surface area (Å²) in [6.45, 7) is 2.17. The van der Waals surface area contributed by atoms with E-state index in [0.29, 0.717) is 51.6 Å². The van der Waals surface area contributed by atoms with E-state index in [1.807, 2.05) is 61.5 Å². The SMILES string of the molecule is CCOc1cc(/C=N/NC(=O)c2cc(-c3ccccc3)nc3ccccc23)ccc1OC(=O)c1ccc(OC)c(OC)c1. The van der Waals surface area contributed by atoms with Gasteiger partial charge in [0.2, 0.25) is 0 Å². The van der Waals surface area contributed by atoms with E-state index >= 15 is 0 Å². The Hall–Kier alpha value is -5.70. The van der Waals surface area contributed by atoms with Crippen LogP contribution in [0.4, 0.5) is 0 Å². The zero-order chi connectivity index (χ0) is 30.2. The lowest BCUT2D eigenvalue weighted by Crippen LogP contribution is -2.18. The van der Waals surface area contributed by atoms with E-state index in [1.54, 1.807) is 42.5 Å². The van der Waals surface area contributed by atoms with Crippen LogP contribution in [0, 0.1) is 0 Å². The Morgan fingerprint density at radius 2 is 1.56 bits per heavy atom. The van der Waals surface area contributed by atoms with Gasteiger partial charge in [-0.3, -0.25) is 4.79 Å². The number of ether oxygens (including phenoxy) is 4. The number of carbonyl (C=O) groups is 2. The first-order chi connectivity index (χ1) is 21.0. The lowest BCUT2D eigenvalue weighted by molar-refractivity contribution is 0.0727. The third kappa shape index (κ3) is 6.62. The fraction of sp³-hybridized carbons (Fsp3) is 0.118. The molecule has 1 amide bonds. The van der Waals surface area contributed by atoms with Crippen molar-refractivity contribution in [3.05, 3.63) is 114 Å². The number of amides is 1. The molecule has 1 aromatic heterocycles. The van der Waals surface area contributed by atoms with Crippen molar-refractivity contribution in [2.24, 2.45) is 5.10 Å². The van der Waals surface area contributed by atoms with Crippen LogP contribution in [0.2, 0.25) is 0 Å². The van der Waals surface area contributed by atoms with E-state index in [9.17, 15) is 9.59 Å². The summed E-state index contributed by atoms with van der Waals surface area (Å²) in [5.41, 5.74) is 6.27. The molecule has 0 aliphatic heterocycles. The Morgan fingerprint density at radius 3 is 2.33 bits per heavy atom. The maximum Gasteiger partial charge on any atom is 0.343 e. The molecule has 4 aromatic carbocycles. The minimum atomic E-state index is -0.588. The third-order valence-electron chi connectivity index (χ3n) is 6.50. The van der Waals surface area contributed by atoms with Gasteiger partial charge in [-0.25, -0.2) is 15.2 Å². The number of hydrazone groups is 1. The van der Waals surface area contributed by atoms with Gasteiger partial charge >= 0.3 is 5.97 Å². The predicted octanol–water partition coefficient (Wildman–Crippen LogP) is 6.30. The number of nitrogens with one attached hydrogen (secondary N) is 1. The summed E-state index contributed by atoms with van der Waals surface area (Å²) in [6, 6.07) is 28.6. The van der Waals surface area contributed by atoms with E-state index in [0.717, 1.165) is 5.56 Å². The maximum absolute atomic E-state index is 13.2. The minimum absolute atomic E-state index is 0.236. The minimum Gasteiger partial charge on any atom is -0.493 e. The van der Waals surface area contributed by atoms with E-state index in [2.05, 4.69) is 10.5 Å². The Bertz CT molecular complexity index is 1800. The molecule has 1 N–H and O–H groups in total. The highest BCUT2D eigenvalue weighted by atomic mass is 16.6. The molecule has 5 aromatic rings. The summed E-state index contributed by atoms with van der Waals surface area (Å²) >= 11 is 0. The van der Waals surface area contributed by atoms with Crippen LogP contribution in [0.5, 0.6) is 23.0 Å². The maximum atomic E-state index is 13.2. The second-order valence-electron chi connectivity index (χ2n) is 9.24. The average Bonchev–Trinajstić information content (AvgIpc) is 3.05. The van der Waals surface area contributed by atoms with Crippen molar-refractivity contribution in [1.82, 2.24) is 10.4 Å². The molecule has 0 saturated heterocycles. The topological polar surface area (TPSA) is 108 Å². The highest BCUT2D eigenvalue weighted by Crippen LogP contribution is 2.31. The normalized spacial score (nSPS) is 10.9. The molecule has 0 fully saturated rings. The molecule has 43 heavy (non-hydrogen) atoms. The van der Waals surface area contributed by atoms with Crippen LogP contribution in [0.25, 0.3) is 22.2 Å². The van der Waals surface area contributed by atoms with Crippen LogP contribution < -0.4 is 24.4 Å². The number of para-hydroxylation sites is 1. The second-order valence-corrected chi connectivity index (χ2v) is 9.24. The summed E-state index contributed by atoms with van der Waals surface area (Å²) in [4.78, 5) is 30.8. The molecule has 9 nitrogen and oxygen atoms in total. The summed E-state index contributed by atoms with van der Waals surface area (Å²) < 4.78 is 21.8. The van der Waals surface area contributed by atoms with Crippen molar-refractivity contribution in [3.8, 4) is 34.3 Å². The lowest BCUT2D eigenvalue weighted by Gasteiger charge is -2.12. The van der Waals surface area contributed by atoms with Gasteiger partial charge < -0.3 is 18.9 Å². The number of hydrogen-bond acceptors (Lipinski definition) is 8. The number of fused-ring (bicyclic) bond motifs is 1. The molecule has 5 rings (SSSR count). The zero-order valence-corrected chi connectivity index (χ0v) is 23.9. The van der Waals surface area contributed by atoms with Crippen LogP contribution in [0.1, 0.15) is 33.2 Å². The lowest BCUT2D eigenvalue weighted by atomic mass is 10.0. The van der Waals surface area contributed by atoms with Crippen molar-refractivity contribution in [2.45, 2.75) is 6.92 Å². The Balaban J connectivity index is 1.34. The molecule has 0 radical (unpaired) electrons. The van der Waals surface area contributed by atoms with E-state index in [1.165, 1.54) is 20.4 Å². The summed E-state index contributed by atoms with van der Waals surface area (Å²) in [6.07, 6.45) is 1.49. The third-order valence-corrected chi connectivity index (χ3v) is 6.50. The largest absolute Gasteiger partial charge is 0.493 e. The molecule has 1 heterocycles. The summed E-state index contributed by atoms with van der Waals surface area (Å²) in [5.74, 6) is 0.525. The van der Waals surface area contributed by atoms with Crippen LogP contribution in [0.15, 0.2) is 102 Å². The molecule has 0 spiro atoms. The van der Waals surface area contributed by atoms with Gasteiger partial charge in [-0.15, -0.1) is 0 Å². The first kappa shape index (κ1) is 28.8. The number of pyridine rings is 1. The average molecular weight is 576 g/mol. The van der Waals surface area contributed by atoms with Gasteiger partial charge in [0, 0.05) is 10.9 Å². The molecule has 0 unspecified atom stereocenters. The molecule has 0 bridgehead atoms. The fourth-order valence-electron chi connectivity index (χ4n) is 4.43. The van der Waals surface area contributed by atoms with Crippen molar-refractivity contribution >= 4 is 29.0 Å². The Labute approximate surface area is 248 Å². The van der Waals surface area contributed by atoms with E-state index in [4.69, 9.17) is 23.9 Å². The molecule has 9 heteroatoms. The number of esters is 1. The smallest absolute Gasteiger partial charge is 0.343 e. The summed E-state index contributed by atoms with van der Waals surface area (Å²) in [5, 5.41) is 4.88. The van der Waals surface area contributed by atoms with Crippen molar-refractivity contribution < 1.29 is 28.5 Å². The van der Waals surface area contributed by atoms with Crippen molar-refractivity contribution in [2.75, 3.05) is 20.8 Å². The molecule has 0 atom stereocenters. The number of aromatic nitrogens is 1. The van der Waals surface area contributed by atoms with Gasteiger partial charge in [-0.05, 0) is 61.0 Å². The van der Waals surface area contributed by atoms with Crippen molar-refractivity contribution in [1.29, 1.82) is 0 Å². The predicted molar refractivity (Wildman–Crippen MR) is 164 cm³/mol. The standard InChI is InChI=1S/C34H29N3O6/c1-4-42-32-18-22(14-16-30(32)43-34(39)24-15-17-29(40-2)31(19-24)41-3)21-35-37-33(38)26-20-28(23-10-6-5-7-11-23)36-27-13-9-8-12-25(26)27/h5-21H,4H2,1-3H3,(H,37,38)/b35-21+. The van der Waals surface area contributed by atoms with Crippen LogP contribution in [-0.4, -0.2) is 43.9 Å². The number of hydrogen-bond donors (Lipinski definition) is 1. The molecule has 0 aliphatic carbocycles. The van der Waals surface area contributed by atoms with Crippen molar-refractivity contribution in [3.63, 3.8) is 0 Å². The van der Waals surface area contributed by atoms with Gasteiger partial charge in [-0.2, -0.15) is 5.10 Å². The number of rotatable bonds is 10. The number of benzene rings is 4. The van der Waals surface area contributed by atoms with Crippen LogP contribution in [0.3, 0.4) is 0 Å². The number of methoxy groups -OCH3 is 2. The molecule has 216 valence electrons. The first-order valence-electron chi connectivity index (χ1n) is 13.5. The highest BCUT2D eigenvalue weighted by molar-refractivity contribution is 6.07. The fourth-order valence-corrected chi connectivity index (χ4v) is 4.43. The van der Waals surface area contributed by atoms with Gasteiger partial charge in [0.15, 0.2) is 23.0 Å². The molecular weight excluding hydrogens is 546 g/mol. The van der Waals surface area contributed by atoms with Gasteiger partial charge in [-0.1, -0.05) is 48.5 Å². The zero-order valence-electron chi connectivity index (χ0n) is 23.9.